The van der Waals surface area contributed by atoms with Gasteiger partial charge >= 0.3 is 0 Å². The number of amides is 1. The molecule has 6 heteroatoms. The van der Waals surface area contributed by atoms with E-state index >= 15 is 0 Å². The minimum atomic E-state index is -0.240. The lowest BCUT2D eigenvalue weighted by Crippen LogP contribution is -2.30. The van der Waals surface area contributed by atoms with Crippen molar-refractivity contribution in [2.45, 2.75) is 26.3 Å². The number of aryl methyl sites for hydroxylation is 1. The summed E-state index contributed by atoms with van der Waals surface area (Å²) in [7, 11) is 0. The third-order valence-electron chi connectivity index (χ3n) is 6.29. The van der Waals surface area contributed by atoms with Crippen LogP contribution in [0.2, 0.25) is 0 Å². The number of benzene rings is 3. The summed E-state index contributed by atoms with van der Waals surface area (Å²) in [5, 5.41) is 1.10. The standard InChI is InChI=1S/C29H25FN2OS2/c1-2-22-9-6-10-25-23(19-31(27(22)25)18-21-11-13-24(30)14-12-21)17-26-28(33)32(29(34)35-26)16-15-20-7-4-3-5-8-20/h3-14,17,19H,2,15-16,18H2,1H3/b26-17-. The molecule has 4 aromatic rings. The molecule has 0 atom stereocenters. The van der Waals surface area contributed by atoms with Crippen LogP contribution in [-0.2, 0) is 24.2 Å². The molecule has 0 saturated carbocycles. The van der Waals surface area contributed by atoms with E-state index in [2.05, 4.69) is 48.0 Å². The summed E-state index contributed by atoms with van der Waals surface area (Å²) < 4.78 is 16.2. The zero-order valence-corrected chi connectivity index (χ0v) is 21.0. The van der Waals surface area contributed by atoms with E-state index in [9.17, 15) is 9.18 Å². The summed E-state index contributed by atoms with van der Waals surface area (Å²) in [6.07, 6.45) is 5.71. The first-order valence-corrected chi connectivity index (χ1v) is 12.9. The van der Waals surface area contributed by atoms with Gasteiger partial charge in [0.2, 0.25) is 0 Å². The largest absolute Gasteiger partial charge is 0.342 e. The third-order valence-corrected chi connectivity index (χ3v) is 7.66. The van der Waals surface area contributed by atoms with Crippen molar-refractivity contribution >= 4 is 51.2 Å². The van der Waals surface area contributed by atoms with Crippen LogP contribution >= 0.6 is 24.0 Å². The highest BCUT2D eigenvalue weighted by Gasteiger charge is 2.32. The summed E-state index contributed by atoms with van der Waals surface area (Å²) in [4.78, 5) is 15.6. The third kappa shape index (κ3) is 4.95. The summed E-state index contributed by atoms with van der Waals surface area (Å²) in [6, 6.07) is 23.0. The van der Waals surface area contributed by atoms with Crippen molar-refractivity contribution in [1.82, 2.24) is 9.47 Å². The quantitative estimate of drug-likeness (QED) is 0.205. The zero-order chi connectivity index (χ0) is 24.4. The maximum atomic E-state index is 13.4. The lowest BCUT2D eigenvalue weighted by Gasteiger charge is -2.14. The van der Waals surface area contributed by atoms with Crippen LogP contribution in [0, 0.1) is 5.82 Å². The molecule has 0 radical (unpaired) electrons. The Labute approximate surface area is 214 Å². The molecule has 1 fully saturated rings. The molecule has 0 bridgehead atoms. The monoisotopic (exact) mass is 500 g/mol. The Hall–Kier alpha value is -3.22. The smallest absolute Gasteiger partial charge is 0.266 e. The predicted molar refractivity (Wildman–Crippen MR) is 147 cm³/mol. The number of fused-ring (bicyclic) bond motifs is 1. The van der Waals surface area contributed by atoms with Crippen molar-refractivity contribution in [1.29, 1.82) is 0 Å². The topological polar surface area (TPSA) is 25.2 Å². The number of hydrogen-bond acceptors (Lipinski definition) is 3. The zero-order valence-electron chi connectivity index (χ0n) is 19.4. The van der Waals surface area contributed by atoms with Crippen molar-refractivity contribution in [2.75, 3.05) is 6.54 Å². The van der Waals surface area contributed by atoms with Crippen LogP contribution in [0.4, 0.5) is 4.39 Å². The van der Waals surface area contributed by atoms with Crippen LogP contribution in [0.5, 0.6) is 0 Å². The maximum Gasteiger partial charge on any atom is 0.266 e. The molecule has 35 heavy (non-hydrogen) atoms. The van der Waals surface area contributed by atoms with E-state index in [0.717, 1.165) is 34.9 Å². The van der Waals surface area contributed by atoms with Gasteiger partial charge in [0.05, 0.1) is 10.4 Å². The molecule has 1 saturated heterocycles. The second-order valence-corrected chi connectivity index (χ2v) is 10.3. The number of carbonyl (C=O) groups is 1. The molecule has 176 valence electrons. The van der Waals surface area contributed by atoms with Gasteiger partial charge in [-0.05, 0) is 47.7 Å². The molecule has 5 rings (SSSR count). The number of thiocarbonyl (C=S) groups is 1. The number of aromatic nitrogens is 1. The summed E-state index contributed by atoms with van der Waals surface area (Å²) in [5.74, 6) is -0.280. The van der Waals surface area contributed by atoms with Crippen molar-refractivity contribution in [2.24, 2.45) is 0 Å². The Morgan fingerprint density at radius 1 is 0.971 bits per heavy atom. The van der Waals surface area contributed by atoms with Gasteiger partial charge in [0.15, 0.2) is 0 Å². The molecule has 0 unspecified atom stereocenters. The fourth-order valence-corrected chi connectivity index (χ4v) is 5.80. The van der Waals surface area contributed by atoms with E-state index in [0.29, 0.717) is 22.3 Å². The molecular weight excluding hydrogens is 475 g/mol. The molecule has 0 N–H and O–H groups in total. The fraction of sp³-hybridized carbons (Fsp3) is 0.172. The molecular formula is C29H25FN2OS2. The molecule has 1 amide bonds. The van der Waals surface area contributed by atoms with Gasteiger partial charge in [-0.2, -0.15) is 0 Å². The molecule has 3 aromatic carbocycles. The van der Waals surface area contributed by atoms with Gasteiger partial charge in [-0.3, -0.25) is 9.69 Å². The molecule has 0 spiro atoms. The maximum absolute atomic E-state index is 13.4. The Kier molecular flexibility index (Phi) is 6.84. The summed E-state index contributed by atoms with van der Waals surface area (Å²) >= 11 is 6.92. The lowest BCUT2D eigenvalue weighted by molar-refractivity contribution is -0.122. The van der Waals surface area contributed by atoms with E-state index in [1.807, 2.05) is 36.4 Å². The van der Waals surface area contributed by atoms with Gasteiger partial charge in [0.25, 0.3) is 5.91 Å². The predicted octanol–water partition coefficient (Wildman–Crippen LogP) is 6.84. The van der Waals surface area contributed by atoms with Crippen LogP contribution in [0.15, 0.2) is 83.9 Å². The molecule has 1 aliphatic heterocycles. The average molecular weight is 501 g/mol. The van der Waals surface area contributed by atoms with E-state index in [-0.39, 0.29) is 11.7 Å². The highest BCUT2D eigenvalue weighted by atomic mass is 32.2. The van der Waals surface area contributed by atoms with Gasteiger partial charge in [0.1, 0.15) is 10.1 Å². The van der Waals surface area contributed by atoms with Crippen LogP contribution in [0.25, 0.3) is 17.0 Å². The first-order chi connectivity index (χ1) is 17.0. The van der Waals surface area contributed by atoms with Gasteiger partial charge < -0.3 is 4.57 Å². The van der Waals surface area contributed by atoms with Crippen molar-refractivity contribution in [3.05, 3.63) is 112 Å². The van der Waals surface area contributed by atoms with Crippen molar-refractivity contribution in [3.8, 4) is 0 Å². The van der Waals surface area contributed by atoms with Crippen molar-refractivity contribution < 1.29 is 9.18 Å². The number of carbonyl (C=O) groups excluding carboxylic acids is 1. The number of para-hydroxylation sites is 1. The highest BCUT2D eigenvalue weighted by Crippen LogP contribution is 2.35. The Morgan fingerprint density at radius 3 is 2.49 bits per heavy atom. The average Bonchev–Trinajstić information content (AvgIpc) is 3.35. The van der Waals surface area contributed by atoms with Crippen LogP contribution < -0.4 is 0 Å². The number of thioether (sulfide) groups is 1. The fourth-order valence-electron chi connectivity index (χ4n) is 4.50. The van der Waals surface area contributed by atoms with Crippen LogP contribution in [-0.4, -0.2) is 26.2 Å². The van der Waals surface area contributed by atoms with Gasteiger partial charge in [-0.1, -0.05) is 91.6 Å². The van der Waals surface area contributed by atoms with Gasteiger partial charge in [-0.25, -0.2) is 4.39 Å². The number of hydrogen-bond donors (Lipinski definition) is 0. The van der Waals surface area contributed by atoms with E-state index in [1.54, 1.807) is 4.90 Å². The van der Waals surface area contributed by atoms with Crippen LogP contribution in [0.3, 0.4) is 0 Å². The van der Waals surface area contributed by atoms with E-state index < -0.39 is 0 Å². The normalized spacial score (nSPS) is 15.0. The minimum absolute atomic E-state index is 0.0398. The van der Waals surface area contributed by atoms with Crippen molar-refractivity contribution in [3.63, 3.8) is 0 Å². The number of nitrogens with zero attached hydrogens (tertiary/aromatic N) is 2. The van der Waals surface area contributed by atoms with E-state index in [1.165, 1.54) is 35.0 Å². The molecule has 3 nitrogen and oxygen atoms in total. The Balaban J connectivity index is 1.46. The van der Waals surface area contributed by atoms with Crippen LogP contribution in [0.1, 0.15) is 29.2 Å². The number of halogens is 1. The second kappa shape index (κ2) is 10.2. The highest BCUT2D eigenvalue weighted by molar-refractivity contribution is 8.26. The first kappa shape index (κ1) is 23.5. The summed E-state index contributed by atoms with van der Waals surface area (Å²) in [6.45, 7) is 3.33. The molecule has 2 heterocycles. The first-order valence-electron chi connectivity index (χ1n) is 11.7. The summed E-state index contributed by atoms with van der Waals surface area (Å²) in [5.41, 5.74) is 5.57. The second-order valence-electron chi connectivity index (χ2n) is 8.57. The SMILES string of the molecule is CCc1cccc2c(/C=C3\SC(=S)N(CCc4ccccc4)C3=O)cn(Cc3ccc(F)cc3)c12. The van der Waals surface area contributed by atoms with Gasteiger partial charge in [-0.15, -0.1) is 0 Å². The molecule has 1 aromatic heterocycles. The molecule has 0 aliphatic carbocycles. The number of rotatable bonds is 7. The Bertz CT molecular complexity index is 1420. The molecule has 1 aliphatic rings. The van der Waals surface area contributed by atoms with E-state index in [4.69, 9.17) is 12.2 Å². The van der Waals surface area contributed by atoms with Gasteiger partial charge in [0, 0.05) is 30.2 Å². The lowest BCUT2D eigenvalue weighted by atomic mass is 10.1. The minimum Gasteiger partial charge on any atom is -0.342 e. The Morgan fingerprint density at radius 2 is 1.74 bits per heavy atom.